The van der Waals surface area contributed by atoms with Crippen LogP contribution < -0.4 is 15.8 Å². The molecule has 1 aliphatic carbocycles. The SMILES string of the molecule is CCNC(=NCc1ccc(S(N)(=O)=O)cc1)NC1CCCC1. The van der Waals surface area contributed by atoms with Crippen molar-refractivity contribution >= 4 is 16.0 Å². The second-order valence-electron chi connectivity index (χ2n) is 5.51. The molecule has 0 aromatic heterocycles. The van der Waals surface area contributed by atoms with Gasteiger partial charge in [0.15, 0.2) is 5.96 Å². The fraction of sp³-hybridized carbons (Fsp3) is 0.533. The molecule has 7 heteroatoms. The molecule has 1 fully saturated rings. The molecule has 0 heterocycles. The summed E-state index contributed by atoms with van der Waals surface area (Å²) in [5, 5.41) is 11.8. The summed E-state index contributed by atoms with van der Waals surface area (Å²) >= 11 is 0. The molecule has 0 bridgehead atoms. The van der Waals surface area contributed by atoms with Gasteiger partial charge in [0.2, 0.25) is 10.0 Å². The maximum atomic E-state index is 11.2. The minimum Gasteiger partial charge on any atom is -0.357 e. The summed E-state index contributed by atoms with van der Waals surface area (Å²) in [6, 6.07) is 7.00. The Labute approximate surface area is 132 Å². The van der Waals surface area contributed by atoms with E-state index in [-0.39, 0.29) is 4.90 Å². The van der Waals surface area contributed by atoms with Crippen LogP contribution in [0.15, 0.2) is 34.2 Å². The third-order valence-corrected chi connectivity index (χ3v) is 4.64. The fourth-order valence-electron chi connectivity index (χ4n) is 2.54. The quantitative estimate of drug-likeness (QED) is 0.562. The molecule has 0 amide bonds. The number of nitrogens with two attached hydrogens (primary N) is 1. The molecule has 4 N–H and O–H groups in total. The number of rotatable bonds is 5. The number of sulfonamides is 1. The van der Waals surface area contributed by atoms with Crippen molar-refractivity contribution in [1.29, 1.82) is 0 Å². The molecule has 0 spiro atoms. The summed E-state index contributed by atoms with van der Waals surface area (Å²) in [6.07, 6.45) is 4.92. The van der Waals surface area contributed by atoms with E-state index in [0.717, 1.165) is 18.1 Å². The van der Waals surface area contributed by atoms with Crippen LogP contribution in [0, 0.1) is 0 Å². The van der Waals surface area contributed by atoms with Crippen LogP contribution in [0.4, 0.5) is 0 Å². The Bertz CT molecular complexity index is 605. The molecule has 1 aliphatic rings. The molecule has 6 nitrogen and oxygen atoms in total. The van der Waals surface area contributed by atoms with Crippen molar-refractivity contribution in [1.82, 2.24) is 10.6 Å². The Kier molecular flexibility index (Phi) is 5.79. The molecule has 0 unspecified atom stereocenters. The van der Waals surface area contributed by atoms with E-state index in [0.29, 0.717) is 12.6 Å². The third kappa shape index (κ3) is 4.99. The molecule has 1 aromatic carbocycles. The first kappa shape index (κ1) is 16.8. The van der Waals surface area contributed by atoms with Crippen molar-refractivity contribution in [3.05, 3.63) is 29.8 Å². The maximum absolute atomic E-state index is 11.2. The first-order valence-electron chi connectivity index (χ1n) is 7.65. The number of primary sulfonamides is 1. The zero-order valence-electron chi connectivity index (χ0n) is 12.9. The molecule has 1 saturated carbocycles. The van der Waals surface area contributed by atoms with Crippen molar-refractivity contribution in [3.63, 3.8) is 0 Å². The highest BCUT2D eigenvalue weighted by Crippen LogP contribution is 2.17. The normalized spacial score (nSPS) is 16.7. The van der Waals surface area contributed by atoms with Crippen LogP contribution in [0.3, 0.4) is 0 Å². The second-order valence-corrected chi connectivity index (χ2v) is 7.07. The van der Waals surface area contributed by atoms with E-state index in [9.17, 15) is 8.42 Å². The summed E-state index contributed by atoms with van der Waals surface area (Å²) in [6.45, 7) is 3.34. The summed E-state index contributed by atoms with van der Waals surface area (Å²) in [4.78, 5) is 4.67. The third-order valence-electron chi connectivity index (χ3n) is 3.71. The van der Waals surface area contributed by atoms with Crippen molar-refractivity contribution in [3.8, 4) is 0 Å². The molecule has 2 rings (SSSR count). The highest BCUT2D eigenvalue weighted by molar-refractivity contribution is 7.89. The van der Waals surface area contributed by atoms with Gasteiger partial charge in [-0.15, -0.1) is 0 Å². The van der Waals surface area contributed by atoms with Gasteiger partial charge in [0.25, 0.3) is 0 Å². The van der Waals surface area contributed by atoms with E-state index >= 15 is 0 Å². The van der Waals surface area contributed by atoms with Gasteiger partial charge >= 0.3 is 0 Å². The number of guanidine groups is 1. The van der Waals surface area contributed by atoms with Crippen molar-refractivity contribution in [2.45, 2.75) is 50.1 Å². The van der Waals surface area contributed by atoms with Crippen molar-refractivity contribution in [2.75, 3.05) is 6.54 Å². The molecule has 0 saturated heterocycles. The van der Waals surface area contributed by atoms with Crippen LogP contribution in [-0.4, -0.2) is 27.0 Å². The van der Waals surface area contributed by atoms with E-state index in [2.05, 4.69) is 15.6 Å². The summed E-state index contributed by atoms with van der Waals surface area (Å²) in [5.41, 5.74) is 0.941. The average molecular weight is 324 g/mol. The Hall–Kier alpha value is -1.60. The van der Waals surface area contributed by atoms with E-state index in [1.54, 1.807) is 12.1 Å². The summed E-state index contributed by atoms with van der Waals surface area (Å²) < 4.78 is 22.4. The lowest BCUT2D eigenvalue weighted by Crippen LogP contribution is -2.42. The monoisotopic (exact) mass is 324 g/mol. The van der Waals surface area contributed by atoms with E-state index in [4.69, 9.17) is 5.14 Å². The molecule has 22 heavy (non-hydrogen) atoms. The van der Waals surface area contributed by atoms with Crippen molar-refractivity contribution in [2.24, 2.45) is 10.1 Å². The maximum Gasteiger partial charge on any atom is 0.238 e. The standard InChI is InChI=1S/C15H24N4O2S/c1-2-17-15(19-13-5-3-4-6-13)18-11-12-7-9-14(10-8-12)22(16,20)21/h7-10,13H,2-6,11H2,1H3,(H2,16,20,21)(H2,17,18,19). The Morgan fingerprint density at radius 3 is 2.45 bits per heavy atom. The van der Waals surface area contributed by atoms with Gasteiger partial charge in [0, 0.05) is 12.6 Å². The molecule has 0 radical (unpaired) electrons. The van der Waals surface area contributed by atoms with Gasteiger partial charge in [-0.05, 0) is 37.5 Å². The Balaban J connectivity index is 2.00. The summed E-state index contributed by atoms with van der Waals surface area (Å²) in [5.74, 6) is 0.810. The van der Waals surface area contributed by atoms with Gasteiger partial charge in [0.05, 0.1) is 11.4 Å². The van der Waals surface area contributed by atoms with Crippen LogP contribution in [0.5, 0.6) is 0 Å². The van der Waals surface area contributed by atoms with Crippen LogP contribution in [-0.2, 0) is 16.6 Å². The molecule has 0 atom stereocenters. The lowest BCUT2D eigenvalue weighted by atomic mass is 10.2. The Morgan fingerprint density at radius 1 is 1.27 bits per heavy atom. The highest BCUT2D eigenvalue weighted by atomic mass is 32.2. The largest absolute Gasteiger partial charge is 0.357 e. The molecular formula is C15H24N4O2S. The van der Waals surface area contributed by atoms with E-state index in [1.807, 2.05) is 6.92 Å². The predicted octanol–water partition coefficient (Wildman–Crippen LogP) is 1.33. The van der Waals surface area contributed by atoms with E-state index in [1.165, 1.54) is 37.8 Å². The zero-order valence-corrected chi connectivity index (χ0v) is 13.7. The van der Waals surface area contributed by atoms with Gasteiger partial charge in [-0.2, -0.15) is 0 Å². The van der Waals surface area contributed by atoms with Crippen LogP contribution in [0.25, 0.3) is 0 Å². The first-order valence-corrected chi connectivity index (χ1v) is 9.20. The zero-order chi connectivity index (χ0) is 16.0. The minimum absolute atomic E-state index is 0.121. The number of benzene rings is 1. The predicted molar refractivity (Wildman–Crippen MR) is 88.0 cm³/mol. The highest BCUT2D eigenvalue weighted by Gasteiger charge is 2.15. The van der Waals surface area contributed by atoms with Gasteiger partial charge in [-0.25, -0.2) is 18.5 Å². The minimum atomic E-state index is -3.64. The molecule has 122 valence electrons. The molecular weight excluding hydrogens is 300 g/mol. The van der Waals surface area contributed by atoms with Crippen LogP contribution in [0.2, 0.25) is 0 Å². The van der Waals surface area contributed by atoms with Crippen LogP contribution in [0.1, 0.15) is 38.2 Å². The van der Waals surface area contributed by atoms with Crippen molar-refractivity contribution < 1.29 is 8.42 Å². The lowest BCUT2D eigenvalue weighted by Gasteiger charge is -2.16. The van der Waals surface area contributed by atoms with Gasteiger partial charge in [-0.1, -0.05) is 25.0 Å². The average Bonchev–Trinajstić information content (AvgIpc) is 2.97. The fourth-order valence-corrected chi connectivity index (χ4v) is 3.05. The first-order chi connectivity index (χ1) is 10.5. The molecule has 1 aromatic rings. The second kappa shape index (κ2) is 7.60. The van der Waals surface area contributed by atoms with Crippen LogP contribution >= 0.6 is 0 Å². The Morgan fingerprint density at radius 2 is 1.91 bits per heavy atom. The summed E-state index contributed by atoms with van der Waals surface area (Å²) in [7, 11) is -3.64. The van der Waals surface area contributed by atoms with E-state index < -0.39 is 10.0 Å². The lowest BCUT2D eigenvalue weighted by molar-refractivity contribution is 0.597. The number of nitrogens with zero attached hydrogens (tertiary/aromatic N) is 1. The van der Waals surface area contributed by atoms with Gasteiger partial charge < -0.3 is 10.6 Å². The van der Waals surface area contributed by atoms with Gasteiger partial charge in [0.1, 0.15) is 0 Å². The number of hydrogen-bond acceptors (Lipinski definition) is 3. The van der Waals surface area contributed by atoms with Gasteiger partial charge in [-0.3, -0.25) is 0 Å². The number of aliphatic imine (C=N–C) groups is 1. The number of nitrogens with one attached hydrogen (secondary N) is 2. The molecule has 0 aliphatic heterocycles. The topological polar surface area (TPSA) is 96.6 Å². The number of hydrogen-bond donors (Lipinski definition) is 3. The smallest absolute Gasteiger partial charge is 0.238 e.